The molecule has 5 rings (SSSR count). The molecule has 0 spiro atoms. The molecule has 0 atom stereocenters. The number of hydrogen-bond acceptors (Lipinski definition) is 5. The van der Waals surface area contributed by atoms with E-state index in [9.17, 15) is 4.79 Å². The highest BCUT2D eigenvalue weighted by Crippen LogP contribution is 2.37. The van der Waals surface area contributed by atoms with Crippen LogP contribution in [0.4, 0.5) is 5.69 Å². The van der Waals surface area contributed by atoms with Crippen LogP contribution in [0.15, 0.2) is 89.5 Å². The Hall–Kier alpha value is -4.10. The number of ether oxygens (including phenoxy) is 3. The van der Waals surface area contributed by atoms with Crippen molar-refractivity contribution in [1.29, 1.82) is 0 Å². The zero-order chi connectivity index (χ0) is 24.4. The normalized spacial score (nSPS) is 10.8. The molecule has 1 amide bonds. The van der Waals surface area contributed by atoms with E-state index in [1.807, 2.05) is 66.7 Å². The maximum absolute atomic E-state index is 12.7. The van der Waals surface area contributed by atoms with Crippen molar-refractivity contribution in [2.24, 2.45) is 0 Å². The first kappa shape index (κ1) is 22.7. The Morgan fingerprint density at radius 1 is 0.829 bits per heavy atom. The third-order valence-electron chi connectivity index (χ3n) is 5.64. The summed E-state index contributed by atoms with van der Waals surface area (Å²) in [7, 11) is 3.19. The fraction of sp³-hybridized carbons (Fsp3) is 0.0714. The van der Waals surface area contributed by atoms with Crippen LogP contribution < -0.4 is 19.5 Å². The van der Waals surface area contributed by atoms with Gasteiger partial charge in [0.25, 0.3) is 5.91 Å². The lowest BCUT2D eigenvalue weighted by Crippen LogP contribution is -2.11. The molecule has 4 aromatic carbocycles. The molecule has 5 aromatic rings. The molecule has 1 aromatic heterocycles. The van der Waals surface area contributed by atoms with Gasteiger partial charge in [-0.25, -0.2) is 0 Å². The van der Waals surface area contributed by atoms with Crippen LogP contribution >= 0.6 is 15.9 Å². The van der Waals surface area contributed by atoms with Gasteiger partial charge in [0.15, 0.2) is 11.5 Å². The van der Waals surface area contributed by atoms with Crippen molar-refractivity contribution >= 4 is 49.2 Å². The molecule has 174 valence electrons. The molecular formula is C28H21BrN2O4. The Morgan fingerprint density at radius 2 is 1.60 bits per heavy atom. The van der Waals surface area contributed by atoms with Gasteiger partial charge in [-0.15, -0.1) is 0 Å². The Kier molecular flexibility index (Phi) is 6.25. The van der Waals surface area contributed by atoms with Gasteiger partial charge in [0.2, 0.25) is 0 Å². The summed E-state index contributed by atoms with van der Waals surface area (Å²) in [5.74, 6) is 2.35. The Morgan fingerprint density at radius 3 is 2.37 bits per heavy atom. The largest absolute Gasteiger partial charge is 0.493 e. The van der Waals surface area contributed by atoms with E-state index in [0.29, 0.717) is 28.6 Å². The number of aromatic nitrogens is 1. The standard InChI is InChI=1S/C28H21BrN2O4/c1-33-26-15-22-24(16-27(26)34-2)30-13-12-25(22)35-20-10-11-21-18(14-20)4-3-5-23(21)31-28(32)17-6-8-19(29)9-7-17/h3-16H,1-2H3,(H,31,32). The van der Waals surface area contributed by atoms with Crippen molar-refractivity contribution in [2.45, 2.75) is 0 Å². The quantitative estimate of drug-likeness (QED) is 0.252. The van der Waals surface area contributed by atoms with E-state index in [-0.39, 0.29) is 5.91 Å². The summed E-state index contributed by atoms with van der Waals surface area (Å²) in [5, 5.41) is 5.67. The second kappa shape index (κ2) is 9.64. The molecule has 0 bridgehead atoms. The summed E-state index contributed by atoms with van der Waals surface area (Å²) >= 11 is 3.39. The number of benzene rings is 4. The van der Waals surface area contributed by atoms with Crippen LogP contribution in [-0.2, 0) is 0 Å². The van der Waals surface area contributed by atoms with Crippen LogP contribution in [-0.4, -0.2) is 25.1 Å². The van der Waals surface area contributed by atoms with E-state index in [1.165, 1.54) is 0 Å². The molecule has 0 radical (unpaired) electrons. The van der Waals surface area contributed by atoms with Crippen LogP contribution in [0.1, 0.15) is 10.4 Å². The van der Waals surface area contributed by atoms with Crippen molar-refractivity contribution in [2.75, 3.05) is 19.5 Å². The SMILES string of the molecule is COc1cc2nccc(Oc3ccc4c(NC(=O)c5ccc(Br)cc5)cccc4c3)c2cc1OC. The van der Waals surface area contributed by atoms with Crippen molar-refractivity contribution in [3.63, 3.8) is 0 Å². The second-order valence-corrected chi connectivity index (χ2v) is 8.70. The van der Waals surface area contributed by atoms with E-state index in [0.717, 1.165) is 31.8 Å². The third-order valence-corrected chi connectivity index (χ3v) is 6.17. The van der Waals surface area contributed by atoms with Gasteiger partial charge in [-0.1, -0.05) is 28.1 Å². The first-order valence-electron chi connectivity index (χ1n) is 10.8. The number of nitrogens with zero attached hydrogens (tertiary/aromatic N) is 1. The summed E-state index contributed by atoms with van der Waals surface area (Å²) in [5.41, 5.74) is 2.05. The summed E-state index contributed by atoms with van der Waals surface area (Å²) in [6.07, 6.45) is 1.69. The first-order chi connectivity index (χ1) is 17.1. The molecule has 0 saturated heterocycles. The topological polar surface area (TPSA) is 69.7 Å². The zero-order valence-corrected chi connectivity index (χ0v) is 20.6. The number of nitrogens with one attached hydrogen (secondary N) is 1. The maximum atomic E-state index is 12.7. The summed E-state index contributed by atoms with van der Waals surface area (Å²) in [6.45, 7) is 0. The van der Waals surface area contributed by atoms with E-state index >= 15 is 0 Å². The van der Waals surface area contributed by atoms with Crippen molar-refractivity contribution < 1.29 is 19.0 Å². The third kappa shape index (κ3) is 4.63. The van der Waals surface area contributed by atoms with E-state index < -0.39 is 0 Å². The van der Waals surface area contributed by atoms with Gasteiger partial charge in [0, 0.05) is 38.8 Å². The molecule has 0 aliphatic rings. The summed E-state index contributed by atoms with van der Waals surface area (Å²) in [4.78, 5) is 17.2. The predicted octanol–water partition coefficient (Wildman–Crippen LogP) is 7.21. The van der Waals surface area contributed by atoms with Gasteiger partial charge in [-0.3, -0.25) is 9.78 Å². The van der Waals surface area contributed by atoms with Crippen molar-refractivity contribution in [3.05, 3.63) is 95.1 Å². The minimum Gasteiger partial charge on any atom is -0.493 e. The fourth-order valence-corrected chi connectivity index (χ4v) is 4.16. The Bertz CT molecular complexity index is 1550. The molecule has 0 fully saturated rings. The van der Waals surface area contributed by atoms with Crippen LogP contribution in [0.5, 0.6) is 23.0 Å². The summed E-state index contributed by atoms with van der Waals surface area (Å²) < 4.78 is 18.0. The van der Waals surface area contributed by atoms with Crippen molar-refractivity contribution in [3.8, 4) is 23.0 Å². The number of amides is 1. The number of carbonyl (C=O) groups is 1. The highest BCUT2D eigenvalue weighted by atomic mass is 79.9. The monoisotopic (exact) mass is 528 g/mol. The summed E-state index contributed by atoms with van der Waals surface area (Å²) in [6, 6.07) is 24.3. The predicted molar refractivity (Wildman–Crippen MR) is 141 cm³/mol. The van der Waals surface area contributed by atoms with Gasteiger partial charge >= 0.3 is 0 Å². The number of hydrogen-bond donors (Lipinski definition) is 1. The molecule has 0 unspecified atom stereocenters. The van der Waals surface area contributed by atoms with Crippen molar-refractivity contribution in [1.82, 2.24) is 4.98 Å². The molecule has 6 nitrogen and oxygen atoms in total. The number of rotatable bonds is 6. The van der Waals surface area contributed by atoms with E-state index in [1.54, 1.807) is 32.5 Å². The smallest absolute Gasteiger partial charge is 0.255 e. The Balaban J connectivity index is 1.45. The minimum absolute atomic E-state index is 0.169. The van der Waals surface area contributed by atoms with Crippen LogP contribution in [0.2, 0.25) is 0 Å². The highest BCUT2D eigenvalue weighted by molar-refractivity contribution is 9.10. The average molecular weight is 529 g/mol. The zero-order valence-electron chi connectivity index (χ0n) is 19.0. The van der Waals surface area contributed by atoms with Gasteiger partial charge in [0.05, 0.1) is 19.7 Å². The van der Waals surface area contributed by atoms with Crippen LogP contribution in [0, 0.1) is 0 Å². The number of carbonyl (C=O) groups excluding carboxylic acids is 1. The second-order valence-electron chi connectivity index (χ2n) is 7.79. The molecule has 0 saturated carbocycles. The minimum atomic E-state index is -0.169. The van der Waals surface area contributed by atoms with E-state index in [2.05, 4.69) is 26.2 Å². The molecular weight excluding hydrogens is 508 g/mol. The number of halogens is 1. The molecule has 1 N–H and O–H groups in total. The number of anilines is 1. The van der Waals surface area contributed by atoms with Gasteiger partial charge in [-0.2, -0.15) is 0 Å². The van der Waals surface area contributed by atoms with Gasteiger partial charge < -0.3 is 19.5 Å². The van der Waals surface area contributed by atoms with Gasteiger partial charge in [-0.05, 0) is 66.0 Å². The van der Waals surface area contributed by atoms with Crippen LogP contribution in [0.25, 0.3) is 21.7 Å². The molecule has 0 aliphatic carbocycles. The highest BCUT2D eigenvalue weighted by Gasteiger charge is 2.13. The Labute approximate surface area is 210 Å². The number of methoxy groups -OCH3 is 2. The maximum Gasteiger partial charge on any atom is 0.255 e. The molecule has 35 heavy (non-hydrogen) atoms. The lowest BCUT2D eigenvalue weighted by Gasteiger charge is -2.13. The lowest BCUT2D eigenvalue weighted by molar-refractivity contribution is 0.102. The molecule has 0 aliphatic heterocycles. The first-order valence-corrected chi connectivity index (χ1v) is 11.6. The number of pyridine rings is 1. The molecule has 7 heteroatoms. The fourth-order valence-electron chi connectivity index (χ4n) is 3.89. The molecule has 1 heterocycles. The van der Waals surface area contributed by atoms with Gasteiger partial charge in [0.1, 0.15) is 11.5 Å². The lowest BCUT2D eigenvalue weighted by atomic mass is 10.1. The van der Waals surface area contributed by atoms with E-state index in [4.69, 9.17) is 14.2 Å². The van der Waals surface area contributed by atoms with Crippen LogP contribution in [0.3, 0.4) is 0 Å². The average Bonchev–Trinajstić information content (AvgIpc) is 2.88. The number of fused-ring (bicyclic) bond motifs is 2.